The molecule has 0 fully saturated rings. The maximum absolute atomic E-state index is 12.1. The number of nitrogens with one attached hydrogen (secondary N) is 3. The van der Waals surface area contributed by atoms with Gasteiger partial charge in [-0.1, -0.05) is 17.7 Å². The van der Waals surface area contributed by atoms with E-state index < -0.39 is 0 Å². The van der Waals surface area contributed by atoms with Crippen molar-refractivity contribution in [1.82, 2.24) is 5.32 Å². The van der Waals surface area contributed by atoms with E-state index in [1.807, 2.05) is 0 Å². The summed E-state index contributed by atoms with van der Waals surface area (Å²) in [6.45, 7) is 0. The minimum absolute atomic E-state index is 0.146. The standard InChI is InChI=1S/C19H14ClN3O3S/c20-13-4-1-3-12(11-13)17(24)23-19(27)22-15-8-6-14(7-9-15)21-18(25)16-5-2-10-26-16/h1-11H,(H,21,25)(H2,22,23,24,27). The molecule has 2 amide bonds. The Labute approximate surface area is 165 Å². The van der Waals surface area contributed by atoms with Gasteiger partial charge >= 0.3 is 0 Å². The lowest BCUT2D eigenvalue weighted by molar-refractivity contribution is 0.0975. The number of hydrogen-bond acceptors (Lipinski definition) is 4. The van der Waals surface area contributed by atoms with Crippen molar-refractivity contribution >= 4 is 52.1 Å². The fraction of sp³-hybridized carbons (Fsp3) is 0. The van der Waals surface area contributed by atoms with Gasteiger partial charge < -0.3 is 15.1 Å². The minimum Gasteiger partial charge on any atom is -0.459 e. The van der Waals surface area contributed by atoms with Gasteiger partial charge in [-0.05, 0) is 66.8 Å². The van der Waals surface area contributed by atoms with E-state index in [9.17, 15) is 9.59 Å². The summed E-state index contributed by atoms with van der Waals surface area (Å²) in [7, 11) is 0. The topological polar surface area (TPSA) is 83.4 Å². The van der Waals surface area contributed by atoms with E-state index in [-0.39, 0.29) is 22.7 Å². The smallest absolute Gasteiger partial charge is 0.291 e. The highest BCUT2D eigenvalue weighted by molar-refractivity contribution is 7.80. The summed E-state index contributed by atoms with van der Waals surface area (Å²) >= 11 is 11.0. The zero-order valence-electron chi connectivity index (χ0n) is 13.9. The van der Waals surface area contributed by atoms with Crippen LogP contribution >= 0.6 is 23.8 Å². The fourth-order valence-electron chi connectivity index (χ4n) is 2.20. The van der Waals surface area contributed by atoms with Gasteiger partial charge in [0.1, 0.15) is 0 Å². The van der Waals surface area contributed by atoms with E-state index in [2.05, 4.69) is 16.0 Å². The van der Waals surface area contributed by atoms with Gasteiger partial charge in [0.15, 0.2) is 10.9 Å². The summed E-state index contributed by atoms with van der Waals surface area (Å²) in [6.07, 6.45) is 1.43. The lowest BCUT2D eigenvalue weighted by Crippen LogP contribution is -2.34. The monoisotopic (exact) mass is 399 g/mol. The Morgan fingerprint density at radius 2 is 1.59 bits per heavy atom. The molecule has 136 valence electrons. The van der Waals surface area contributed by atoms with Crippen LogP contribution in [0.3, 0.4) is 0 Å². The van der Waals surface area contributed by atoms with Crippen molar-refractivity contribution in [3.63, 3.8) is 0 Å². The van der Waals surface area contributed by atoms with Crippen LogP contribution in [0.5, 0.6) is 0 Å². The molecule has 0 saturated heterocycles. The molecular weight excluding hydrogens is 386 g/mol. The first-order valence-electron chi connectivity index (χ1n) is 7.84. The molecule has 1 heterocycles. The number of anilines is 2. The van der Waals surface area contributed by atoms with Crippen LogP contribution in [0.1, 0.15) is 20.9 Å². The van der Waals surface area contributed by atoms with Crippen LogP contribution < -0.4 is 16.0 Å². The number of furan rings is 1. The third kappa shape index (κ3) is 5.16. The van der Waals surface area contributed by atoms with Gasteiger partial charge in [0.05, 0.1) is 6.26 Å². The first-order chi connectivity index (χ1) is 13.0. The maximum atomic E-state index is 12.1. The Hall–Kier alpha value is -3.16. The molecule has 0 aliphatic heterocycles. The SMILES string of the molecule is O=C(NC(=S)Nc1ccc(NC(=O)c2ccco2)cc1)c1cccc(Cl)c1. The molecule has 0 atom stereocenters. The van der Waals surface area contributed by atoms with Crippen molar-refractivity contribution < 1.29 is 14.0 Å². The molecule has 1 aromatic heterocycles. The number of thiocarbonyl (C=S) groups is 1. The average Bonchev–Trinajstić information content (AvgIpc) is 3.18. The van der Waals surface area contributed by atoms with Crippen molar-refractivity contribution in [3.05, 3.63) is 83.3 Å². The number of amides is 2. The van der Waals surface area contributed by atoms with Crippen molar-refractivity contribution in [3.8, 4) is 0 Å². The van der Waals surface area contributed by atoms with Crippen LogP contribution in [0, 0.1) is 0 Å². The number of halogens is 1. The number of benzene rings is 2. The Balaban J connectivity index is 1.55. The molecule has 2 aromatic carbocycles. The predicted octanol–water partition coefficient (Wildman–Crippen LogP) is 4.31. The maximum Gasteiger partial charge on any atom is 0.291 e. The second kappa shape index (κ2) is 8.48. The zero-order chi connectivity index (χ0) is 19.2. The van der Waals surface area contributed by atoms with Gasteiger partial charge in [-0.3, -0.25) is 14.9 Å². The lowest BCUT2D eigenvalue weighted by Gasteiger charge is -2.10. The molecule has 3 rings (SSSR count). The molecule has 0 spiro atoms. The van der Waals surface area contributed by atoms with E-state index >= 15 is 0 Å². The molecule has 0 saturated carbocycles. The third-order valence-electron chi connectivity index (χ3n) is 3.46. The van der Waals surface area contributed by atoms with E-state index in [1.54, 1.807) is 60.7 Å². The highest BCUT2D eigenvalue weighted by Crippen LogP contribution is 2.15. The van der Waals surface area contributed by atoms with E-state index in [4.69, 9.17) is 28.2 Å². The van der Waals surface area contributed by atoms with Crippen molar-refractivity contribution in [2.75, 3.05) is 10.6 Å². The summed E-state index contributed by atoms with van der Waals surface area (Å²) in [5, 5.41) is 8.80. The molecule has 0 unspecified atom stereocenters. The molecule has 8 heteroatoms. The quantitative estimate of drug-likeness (QED) is 0.569. The molecule has 0 bridgehead atoms. The molecule has 0 aliphatic rings. The van der Waals surface area contributed by atoms with E-state index in [0.29, 0.717) is 22.0 Å². The first kappa shape index (κ1) is 18.6. The van der Waals surface area contributed by atoms with E-state index in [0.717, 1.165) is 0 Å². The Bertz CT molecular complexity index is 972. The Morgan fingerprint density at radius 3 is 2.22 bits per heavy atom. The third-order valence-corrected chi connectivity index (χ3v) is 3.90. The van der Waals surface area contributed by atoms with Crippen LogP contribution in [0.4, 0.5) is 11.4 Å². The number of rotatable bonds is 4. The van der Waals surface area contributed by atoms with Gasteiger partial charge in [-0.25, -0.2) is 0 Å². The molecule has 27 heavy (non-hydrogen) atoms. The van der Waals surface area contributed by atoms with Crippen molar-refractivity contribution in [1.29, 1.82) is 0 Å². The normalized spacial score (nSPS) is 10.1. The number of carbonyl (C=O) groups is 2. The fourth-order valence-corrected chi connectivity index (χ4v) is 2.61. The summed E-state index contributed by atoms with van der Waals surface area (Å²) in [5.41, 5.74) is 1.65. The summed E-state index contributed by atoms with van der Waals surface area (Å²) in [5.74, 6) is -0.482. The van der Waals surface area contributed by atoms with Crippen LogP contribution in [0.25, 0.3) is 0 Å². The van der Waals surface area contributed by atoms with Gasteiger partial charge in [-0.15, -0.1) is 0 Å². The van der Waals surface area contributed by atoms with Crippen molar-refractivity contribution in [2.24, 2.45) is 0 Å². The summed E-state index contributed by atoms with van der Waals surface area (Å²) in [6, 6.07) is 16.6. The van der Waals surface area contributed by atoms with Crippen LogP contribution in [-0.2, 0) is 0 Å². The Kier molecular flexibility index (Phi) is 5.85. The number of carbonyl (C=O) groups excluding carboxylic acids is 2. The second-order valence-electron chi connectivity index (χ2n) is 5.43. The first-order valence-corrected chi connectivity index (χ1v) is 8.63. The van der Waals surface area contributed by atoms with Crippen molar-refractivity contribution in [2.45, 2.75) is 0 Å². The molecular formula is C19H14ClN3O3S. The zero-order valence-corrected chi connectivity index (χ0v) is 15.4. The minimum atomic E-state index is -0.364. The van der Waals surface area contributed by atoms with Gasteiger partial charge in [0.25, 0.3) is 11.8 Å². The average molecular weight is 400 g/mol. The molecule has 0 radical (unpaired) electrons. The van der Waals surface area contributed by atoms with Gasteiger partial charge in [0.2, 0.25) is 0 Å². The summed E-state index contributed by atoms with van der Waals surface area (Å²) in [4.78, 5) is 24.1. The molecule has 0 aliphatic carbocycles. The van der Waals surface area contributed by atoms with E-state index in [1.165, 1.54) is 6.26 Å². The predicted molar refractivity (Wildman–Crippen MR) is 108 cm³/mol. The highest BCUT2D eigenvalue weighted by Gasteiger charge is 2.10. The lowest BCUT2D eigenvalue weighted by atomic mass is 10.2. The van der Waals surface area contributed by atoms with Gasteiger partial charge in [-0.2, -0.15) is 0 Å². The second-order valence-corrected chi connectivity index (χ2v) is 6.27. The molecule has 6 nitrogen and oxygen atoms in total. The van der Waals surface area contributed by atoms with Crippen LogP contribution in [0.15, 0.2) is 71.3 Å². The van der Waals surface area contributed by atoms with Crippen LogP contribution in [-0.4, -0.2) is 16.9 Å². The summed E-state index contributed by atoms with van der Waals surface area (Å²) < 4.78 is 5.03. The largest absolute Gasteiger partial charge is 0.459 e. The molecule has 3 aromatic rings. The highest BCUT2D eigenvalue weighted by atomic mass is 35.5. The van der Waals surface area contributed by atoms with Gasteiger partial charge in [0, 0.05) is 22.0 Å². The molecule has 3 N–H and O–H groups in total. The number of hydrogen-bond donors (Lipinski definition) is 3. The van der Waals surface area contributed by atoms with Crippen LogP contribution in [0.2, 0.25) is 5.02 Å². The Morgan fingerprint density at radius 1 is 0.889 bits per heavy atom.